The normalized spacial score (nSPS) is 12.6. The molecule has 67 heavy (non-hydrogen) atoms. The highest BCUT2D eigenvalue weighted by atomic mass is 16.3. The molecule has 2 heteroatoms. The van der Waals surface area contributed by atoms with Crippen molar-refractivity contribution in [3.05, 3.63) is 283 Å². The minimum atomic E-state index is -0.593. The molecule has 314 valence electrons. The summed E-state index contributed by atoms with van der Waals surface area (Å²) < 4.78 is 6.95. The quantitative estimate of drug-likeness (QED) is 0.151. The van der Waals surface area contributed by atoms with Gasteiger partial charge in [-0.3, -0.25) is 0 Å². The predicted molar refractivity (Wildman–Crippen MR) is 280 cm³/mol. The van der Waals surface area contributed by atoms with Crippen LogP contribution in [0.3, 0.4) is 0 Å². The van der Waals surface area contributed by atoms with Crippen molar-refractivity contribution in [1.29, 1.82) is 0 Å². The largest absolute Gasteiger partial charge is 0.455 e. The molecule has 12 aromatic rings. The third-order valence-corrected chi connectivity index (χ3v) is 13.9. The Labute approximate surface area is 390 Å². The maximum Gasteiger partial charge on any atom is 0.143 e. The summed E-state index contributed by atoms with van der Waals surface area (Å²) >= 11 is 0. The minimum Gasteiger partial charge on any atom is -0.455 e. The van der Waals surface area contributed by atoms with E-state index in [1.54, 1.807) is 0 Å². The summed E-state index contributed by atoms with van der Waals surface area (Å²) in [7, 11) is 0. The highest BCUT2D eigenvalue weighted by Gasteiger charge is 2.47. The van der Waals surface area contributed by atoms with Gasteiger partial charge in [-0.25, -0.2) is 0 Å². The Morgan fingerprint density at radius 1 is 0.328 bits per heavy atom. The van der Waals surface area contributed by atoms with E-state index in [9.17, 15) is 0 Å². The number of fused-ring (bicyclic) bond motifs is 8. The van der Waals surface area contributed by atoms with Gasteiger partial charge in [-0.05, 0) is 121 Å². The average Bonchev–Trinajstić information content (AvgIpc) is 3.94. The van der Waals surface area contributed by atoms with Crippen LogP contribution in [0.4, 0.5) is 17.1 Å². The van der Waals surface area contributed by atoms with Crippen LogP contribution in [-0.2, 0) is 5.41 Å². The van der Waals surface area contributed by atoms with Gasteiger partial charge in [0.2, 0.25) is 0 Å². The van der Waals surface area contributed by atoms with Crippen molar-refractivity contribution in [2.24, 2.45) is 0 Å². The number of nitrogens with zero attached hydrogens (tertiary/aromatic N) is 1. The highest BCUT2D eigenvalue weighted by Crippen LogP contribution is 2.59. The fourth-order valence-electron chi connectivity index (χ4n) is 11.1. The molecule has 0 amide bonds. The maximum absolute atomic E-state index is 6.95. The monoisotopic (exact) mass is 853 g/mol. The van der Waals surface area contributed by atoms with Crippen molar-refractivity contribution in [2.75, 3.05) is 4.90 Å². The number of anilines is 3. The summed E-state index contributed by atoms with van der Waals surface area (Å²) in [5.74, 6) is 0. The van der Waals surface area contributed by atoms with Gasteiger partial charge in [-0.1, -0.05) is 212 Å². The van der Waals surface area contributed by atoms with Crippen LogP contribution in [0.25, 0.3) is 77.2 Å². The summed E-state index contributed by atoms with van der Waals surface area (Å²) in [6, 6.07) is 94.9. The van der Waals surface area contributed by atoms with Crippen molar-refractivity contribution in [3.8, 4) is 44.5 Å². The fraction of sp³-hybridized carbons (Fsp3) is 0.0154. The van der Waals surface area contributed by atoms with Crippen LogP contribution < -0.4 is 4.90 Å². The number of furan rings is 1. The van der Waals surface area contributed by atoms with Gasteiger partial charge in [0.05, 0.1) is 16.5 Å². The molecule has 13 rings (SSSR count). The Morgan fingerprint density at radius 3 is 1.52 bits per heavy atom. The van der Waals surface area contributed by atoms with Gasteiger partial charge < -0.3 is 9.32 Å². The van der Waals surface area contributed by atoms with Crippen LogP contribution in [0.5, 0.6) is 0 Å². The summed E-state index contributed by atoms with van der Waals surface area (Å²) in [5.41, 5.74) is 19.1. The Balaban J connectivity index is 1.07. The van der Waals surface area contributed by atoms with E-state index in [1.807, 2.05) is 0 Å². The summed E-state index contributed by atoms with van der Waals surface area (Å²) in [5, 5.41) is 4.40. The fourth-order valence-corrected chi connectivity index (χ4v) is 11.1. The number of para-hydroxylation sites is 2. The molecule has 0 bridgehead atoms. The molecule has 1 heterocycles. The molecule has 1 aliphatic carbocycles. The Kier molecular flexibility index (Phi) is 9.11. The zero-order valence-corrected chi connectivity index (χ0v) is 36.7. The van der Waals surface area contributed by atoms with Crippen molar-refractivity contribution in [1.82, 2.24) is 0 Å². The molecule has 11 aromatic carbocycles. The van der Waals surface area contributed by atoms with E-state index in [2.05, 4.69) is 266 Å². The standard InChI is InChI=1S/C65H43NO/c1-6-20-44(21-7-1)45-36-38-46(39-37-45)52-32-18-33-58-62(52)55-41-40-47(42-59(55)65(58,48-22-8-2-9-23-48)49-24-10-3-11-25-49)56-43-57-63-60(66(50-26-12-4-13-27-50)51-28-14-5-15-29-51)34-19-35-61(63)67-64(57)54-31-17-16-30-53(54)56/h1-43H. The highest BCUT2D eigenvalue weighted by molar-refractivity contribution is 6.22. The first-order chi connectivity index (χ1) is 33.3. The molecule has 0 N–H and O–H groups in total. The van der Waals surface area contributed by atoms with E-state index in [4.69, 9.17) is 4.42 Å². The number of hydrogen-bond donors (Lipinski definition) is 0. The average molecular weight is 854 g/mol. The second-order valence-electron chi connectivity index (χ2n) is 17.5. The molecule has 0 aliphatic heterocycles. The van der Waals surface area contributed by atoms with Crippen LogP contribution >= 0.6 is 0 Å². The molecule has 0 saturated carbocycles. The van der Waals surface area contributed by atoms with E-state index in [1.165, 1.54) is 55.6 Å². The van der Waals surface area contributed by atoms with E-state index in [0.29, 0.717) is 0 Å². The summed E-state index contributed by atoms with van der Waals surface area (Å²) in [4.78, 5) is 2.35. The molecule has 0 unspecified atom stereocenters. The molecule has 1 aromatic heterocycles. The zero-order valence-electron chi connectivity index (χ0n) is 36.7. The van der Waals surface area contributed by atoms with Crippen LogP contribution in [0.15, 0.2) is 265 Å². The molecule has 0 saturated heterocycles. The number of benzene rings is 11. The first kappa shape index (κ1) is 38.7. The second kappa shape index (κ2) is 15.8. The summed E-state index contributed by atoms with van der Waals surface area (Å²) in [6.07, 6.45) is 0. The molecule has 0 fully saturated rings. The second-order valence-corrected chi connectivity index (χ2v) is 17.5. The molecule has 0 spiro atoms. The Morgan fingerprint density at radius 2 is 0.866 bits per heavy atom. The van der Waals surface area contributed by atoms with Gasteiger partial charge in [-0.2, -0.15) is 0 Å². The van der Waals surface area contributed by atoms with Crippen LogP contribution in [0, 0.1) is 0 Å². The molecule has 0 radical (unpaired) electrons. The lowest BCUT2D eigenvalue weighted by atomic mass is 9.67. The topological polar surface area (TPSA) is 16.4 Å². The maximum atomic E-state index is 6.95. The SMILES string of the molecule is c1ccc(-c2ccc(-c3cccc4c3-c3ccc(-c5cc6c(oc7cccc(N(c8ccccc8)c8ccccc8)c76)c6ccccc56)cc3C4(c3ccccc3)c3ccccc3)cc2)cc1. The predicted octanol–water partition coefficient (Wildman–Crippen LogP) is 17.6. The number of rotatable bonds is 8. The lowest BCUT2D eigenvalue weighted by molar-refractivity contribution is 0.672. The van der Waals surface area contributed by atoms with Gasteiger partial charge in [0, 0.05) is 22.1 Å². The van der Waals surface area contributed by atoms with E-state index < -0.39 is 5.41 Å². The van der Waals surface area contributed by atoms with Crippen molar-refractivity contribution in [3.63, 3.8) is 0 Å². The first-order valence-corrected chi connectivity index (χ1v) is 23.1. The van der Waals surface area contributed by atoms with Gasteiger partial charge in [0.1, 0.15) is 11.2 Å². The smallest absolute Gasteiger partial charge is 0.143 e. The van der Waals surface area contributed by atoms with Crippen molar-refractivity contribution < 1.29 is 4.42 Å². The van der Waals surface area contributed by atoms with Gasteiger partial charge in [-0.15, -0.1) is 0 Å². The molecular weight excluding hydrogens is 811 g/mol. The summed E-state index contributed by atoms with van der Waals surface area (Å²) in [6.45, 7) is 0. The van der Waals surface area contributed by atoms with Crippen LogP contribution in [-0.4, -0.2) is 0 Å². The third-order valence-electron chi connectivity index (χ3n) is 13.9. The zero-order chi connectivity index (χ0) is 44.3. The third kappa shape index (κ3) is 6.11. The van der Waals surface area contributed by atoms with Crippen molar-refractivity contribution in [2.45, 2.75) is 5.41 Å². The lowest BCUT2D eigenvalue weighted by Crippen LogP contribution is -2.28. The van der Waals surface area contributed by atoms with E-state index >= 15 is 0 Å². The van der Waals surface area contributed by atoms with Gasteiger partial charge >= 0.3 is 0 Å². The van der Waals surface area contributed by atoms with Crippen LogP contribution in [0.2, 0.25) is 0 Å². The van der Waals surface area contributed by atoms with E-state index in [-0.39, 0.29) is 0 Å². The molecule has 1 aliphatic rings. The molecular formula is C65H43NO. The molecule has 0 atom stereocenters. The Bertz CT molecular complexity index is 3690. The first-order valence-electron chi connectivity index (χ1n) is 23.1. The minimum absolute atomic E-state index is 0.593. The van der Waals surface area contributed by atoms with Crippen LogP contribution in [0.1, 0.15) is 22.3 Å². The van der Waals surface area contributed by atoms with Gasteiger partial charge in [0.25, 0.3) is 0 Å². The number of hydrogen-bond acceptors (Lipinski definition) is 2. The lowest BCUT2D eigenvalue weighted by Gasteiger charge is -2.34. The van der Waals surface area contributed by atoms with Crippen molar-refractivity contribution >= 4 is 49.8 Å². The molecule has 2 nitrogen and oxygen atoms in total. The van der Waals surface area contributed by atoms with E-state index in [0.717, 1.165) is 60.9 Å². The van der Waals surface area contributed by atoms with Gasteiger partial charge in [0.15, 0.2) is 0 Å². The Hall–Kier alpha value is -8.72.